The molecule has 0 saturated carbocycles. The number of nitrogens with zero attached hydrogens (tertiary/aromatic N) is 3. The molecule has 0 spiro atoms. The van der Waals surface area contributed by atoms with E-state index in [1.165, 1.54) is 47.0 Å². The molecule has 0 saturated heterocycles. The van der Waals surface area contributed by atoms with Gasteiger partial charge in [0, 0.05) is 22.9 Å². The maximum Gasteiger partial charge on any atom is 0.316 e. The Kier molecular flexibility index (Phi) is 4.83. The lowest BCUT2D eigenvalue weighted by Gasteiger charge is -2.12. The average Bonchev–Trinajstić information content (AvgIpc) is 3.09. The zero-order valence-corrected chi connectivity index (χ0v) is 14.4. The van der Waals surface area contributed by atoms with Gasteiger partial charge in [0.25, 0.3) is 0 Å². The molecule has 1 aliphatic rings. The van der Waals surface area contributed by atoms with Gasteiger partial charge in [-0.05, 0) is 38.2 Å². The maximum absolute atomic E-state index is 11.5. The molecule has 0 atom stereocenters. The Hall–Kier alpha value is -1.34. The van der Waals surface area contributed by atoms with Crippen molar-refractivity contribution in [2.45, 2.75) is 37.8 Å². The van der Waals surface area contributed by atoms with Crippen LogP contribution in [0.2, 0.25) is 0 Å². The number of fused-ring (bicyclic) bond motifs is 1. The molecule has 0 aromatic carbocycles. The van der Waals surface area contributed by atoms with E-state index in [0.29, 0.717) is 6.61 Å². The third kappa shape index (κ3) is 3.05. The third-order valence-electron chi connectivity index (χ3n) is 3.76. The van der Waals surface area contributed by atoms with E-state index in [-0.39, 0.29) is 11.7 Å². The summed E-state index contributed by atoms with van der Waals surface area (Å²) >= 11 is 3.20. The Morgan fingerprint density at radius 1 is 1.41 bits per heavy atom. The van der Waals surface area contributed by atoms with Crippen LogP contribution in [0.5, 0.6) is 0 Å². The molecule has 0 unspecified atom stereocenters. The first-order chi connectivity index (χ1) is 10.7. The van der Waals surface area contributed by atoms with Gasteiger partial charge in [0.15, 0.2) is 11.0 Å². The highest BCUT2D eigenvalue weighted by molar-refractivity contribution is 7.99. The number of aromatic nitrogens is 3. The monoisotopic (exact) mass is 337 g/mol. The molecule has 2 heterocycles. The van der Waals surface area contributed by atoms with Crippen LogP contribution in [0.4, 0.5) is 0 Å². The Morgan fingerprint density at radius 3 is 3.05 bits per heavy atom. The molecule has 0 aliphatic heterocycles. The number of ether oxygens (including phenoxy) is 1. The summed E-state index contributed by atoms with van der Waals surface area (Å²) in [5, 5.41) is 11.5. The van der Waals surface area contributed by atoms with Gasteiger partial charge < -0.3 is 9.30 Å². The van der Waals surface area contributed by atoms with Crippen LogP contribution in [0.1, 0.15) is 30.2 Å². The van der Waals surface area contributed by atoms with Gasteiger partial charge in [-0.2, -0.15) is 0 Å². The van der Waals surface area contributed by atoms with Crippen molar-refractivity contribution < 1.29 is 9.53 Å². The number of carbonyl (C=O) groups is 1. The lowest BCUT2D eigenvalue weighted by molar-refractivity contribution is -0.139. The van der Waals surface area contributed by atoms with Gasteiger partial charge >= 0.3 is 5.97 Å². The smallest absolute Gasteiger partial charge is 0.316 e. The predicted octanol–water partition coefficient (Wildman–Crippen LogP) is 3.08. The Balaban J connectivity index is 1.79. The van der Waals surface area contributed by atoms with Gasteiger partial charge in [-0.15, -0.1) is 21.5 Å². The predicted molar refractivity (Wildman–Crippen MR) is 88.3 cm³/mol. The standard InChI is InChI=1S/C15H19N3O2S2/c1-3-20-13(19)9-22-15-17-16-14(18(15)2)11-8-21-12-7-5-4-6-10(11)12/h8H,3-7,9H2,1-2H3. The maximum atomic E-state index is 11.5. The number of thiophene rings is 1. The van der Waals surface area contributed by atoms with Crippen LogP contribution in [0.3, 0.4) is 0 Å². The van der Waals surface area contributed by atoms with Gasteiger partial charge in [0.1, 0.15) is 0 Å². The van der Waals surface area contributed by atoms with Gasteiger partial charge in [0.2, 0.25) is 0 Å². The quantitative estimate of drug-likeness (QED) is 0.620. The second-order valence-corrected chi connectivity index (χ2v) is 7.12. The van der Waals surface area contributed by atoms with Crippen molar-refractivity contribution in [3.05, 3.63) is 15.8 Å². The normalized spacial score (nSPS) is 13.9. The first-order valence-corrected chi connectivity index (χ1v) is 9.34. The second kappa shape index (κ2) is 6.83. The Labute approximate surface area is 138 Å². The van der Waals surface area contributed by atoms with Crippen molar-refractivity contribution in [3.8, 4) is 11.4 Å². The van der Waals surface area contributed by atoms with Crippen molar-refractivity contribution in [1.82, 2.24) is 14.8 Å². The number of hydrogen-bond donors (Lipinski definition) is 0. The zero-order chi connectivity index (χ0) is 15.5. The Morgan fingerprint density at radius 2 is 2.23 bits per heavy atom. The Bertz CT molecular complexity index is 678. The molecule has 3 rings (SSSR count). The van der Waals surface area contributed by atoms with Crippen molar-refractivity contribution in [2.75, 3.05) is 12.4 Å². The number of rotatable bonds is 5. The van der Waals surface area contributed by atoms with Gasteiger partial charge in [-0.3, -0.25) is 4.79 Å². The van der Waals surface area contributed by atoms with Crippen LogP contribution in [-0.4, -0.2) is 33.1 Å². The molecule has 1 aliphatic carbocycles. The highest BCUT2D eigenvalue weighted by Crippen LogP contribution is 2.36. The summed E-state index contributed by atoms with van der Waals surface area (Å²) in [4.78, 5) is 12.9. The van der Waals surface area contributed by atoms with E-state index < -0.39 is 0 Å². The molecule has 22 heavy (non-hydrogen) atoms. The highest BCUT2D eigenvalue weighted by atomic mass is 32.2. The SMILES string of the molecule is CCOC(=O)CSc1nnc(-c2csc3c2CCCC3)n1C. The van der Waals surface area contributed by atoms with Crippen molar-refractivity contribution in [2.24, 2.45) is 7.05 Å². The number of thioether (sulfide) groups is 1. The molecule has 118 valence electrons. The zero-order valence-electron chi connectivity index (χ0n) is 12.8. The van der Waals surface area contributed by atoms with Crippen molar-refractivity contribution in [1.29, 1.82) is 0 Å². The minimum absolute atomic E-state index is 0.218. The molecule has 0 fully saturated rings. The fraction of sp³-hybridized carbons (Fsp3) is 0.533. The molecule has 2 aromatic heterocycles. The summed E-state index contributed by atoms with van der Waals surface area (Å²) in [5.41, 5.74) is 2.64. The first-order valence-electron chi connectivity index (χ1n) is 7.48. The molecule has 0 amide bonds. The minimum Gasteiger partial charge on any atom is -0.465 e. The summed E-state index contributed by atoms with van der Waals surface area (Å²) in [7, 11) is 1.95. The largest absolute Gasteiger partial charge is 0.465 e. The molecule has 0 N–H and O–H groups in total. The van der Waals surface area contributed by atoms with E-state index in [1.54, 1.807) is 0 Å². The van der Waals surface area contributed by atoms with Crippen LogP contribution in [0.25, 0.3) is 11.4 Å². The van der Waals surface area contributed by atoms with Gasteiger partial charge in [0.05, 0.1) is 12.4 Å². The number of carbonyl (C=O) groups excluding carboxylic acids is 1. The average molecular weight is 337 g/mol. The summed E-state index contributed by atoms with van der Waals surface area (Å²) in [6.45, 7) is 2.22. The molecule has 2 aromatic rings. The van der Waals surface area contributed by atoms with E-state index in [1.807, 2.05) is 29.9 Å². The van der Waals surface area contributed by atoms with E-state index in [0.717, 1.165) is 17.4 Å². The molecule has 7 heteroatoms. The molecular weight excluding hydrogens is 318 g/mol. The molecule has 0 bridgehead atoms. The number of aryl methyl sites for hydroxylation is 1. The van der Waals surface area contributed by atoms with Crippen LogP contribution in [0, 0.1) is 0 Å². The fourth-order valence-electron chi connectivity index (χ4n) is 2.68. The summed E-state index contributed by atoms with van der Waals surface area (Å²) in [5.74, 6) is 0.942. The first kappa shape index (κ1) is 15.6. The van der Waals surface area contributed by atoms with Gasteiger partial charge in [-0.25, -0.2) is 0 Å². The minimum atomic E-state index is -0.218. The number of hydrogen-bond acceptors (Lipinski definition) is 6. The van der Waals surface area contributed by atoms with Crippen LogP contribution in [-0.2, 0) is 29.4 Å². The highest BCUT2D eigenvalue weighted by Gasteiger charge is 2.21. The van der Waals surface area contributed by atoms with E-state index in [2.05, 4.69) is 15.6 Å². The van der Waals surface area contributed by atoms with Crippen LogP contribution in [0.15, 0.2) is 10.5 Å². The van der Waals surface area contributed by atoms with Crippen molar-refractivity contribution >= 4 is 29.1 Å². The second-order valence-electron chi connectivity index (χ2n) is 5.22. The van der Waals surface area contributed by atoms with Crippen LogP contribution < -0.4 is 0 Å². The summed E-state index contributed by atoms with van der Waals surface area (Å²) in [6, 6.07) is 0. The van der Waals surface area contributed by atoms with E-state index >= 15 is 0 Å². The number of esters is 1. The lowest BCUT2D eigenvalue weighted by Crippen LogP contribution is -2.07. The topological polar surface area (TPSA) is 57.0 Å². The van der Waals surface area contributed by atoms with E-state index in [9.17, 15) is 4.79 Å². The van der Waals surface area contributed by atoms with E-state index in [4.69, 9.17) is 4.74 Å². The summed E-state index contributed by atoms with van der Waals surface area (Å²) < 4.78 is 6.91. The molecule has 5 nitrogen and oxygen atoms in total. The molecular formula is C15H19N3O2S2. The molecule has 0 radical (unpaired) electrons. The lowest BCUT2D eigenvalue weighted by atomic mass is 9.96. The summed E-state index contributed by atoms with van der Waals surface area (Å²) in [6.07, 6.45) is 4.85. The third-order valence-corrected chi connectivity index (χ3v) is 5.84. The van der Waals surface area contributed by atoms with Gasteiger partial charge in [-0.1, -0.05) is 11.8 Å². The van der Waals surface area contributed by atoms with Crippen molar-refractivity contribution in [3.63, 3.8) is 0 Å². The fourth-order valence-corrected chi connectivity index (χ4v) is 4.52. The van der Waals surface area contributed by atoms with Crippen LogP contribution >= 0.6 is 23.1 Å².